The normalized spacial score (nSPS) is 25.4. The molecule has 2 unspecified atom stereocenters. The van der Waals surface area contributed by atoms with Crippen molar-refractivity contribution in [2.24, 2.45) is 5.92 Å². The SMILES string of the molecule is CCC(C)CNC1CCC(=O)NC1. The van der Waals surface area contributed by atoms with Crippen LogP contribution in [0.3, 0.4) is 0 Å². The van der Waals surface area contributed by atoms with E-state index in [1.807, 2.05) is 0 Å². The number of hydrogen-bond donors (Lipinski definition) is 2. The van der Waals surface area contributed by atoms with E-state index in [1.165, 1.54) is 6.42 Å². The van der Waals surface area contributed by atoms with E-state index in [9.17, 15) is 4.79 Å². The molecule has 0 aliphatic carbocycles. The lowest BCUT2D eigenvalue weighted by Gasteiger charge is -2.24. The first-order valence-corrected chi connectivity index (χ1v) is 5.22. The van der Waals surface area contributed by atoms with Crippen molar-refractivity contribution in [1.29, 1.82) is 0 Å². The molecule has 13 heavy (non-hydrogen) atoms. The molecular formula is C10H20N2O. The Labute approximate surface area is 80.3 Å². The molecule has 0 spiro atoms. The number of amides is 1. The smallest absolute Gasteiger partial charge is 0.220 e. The Bertz CT molecular complexity index is 160. The molecule has 76 valence electrons. The van der Waals surface area contributed by atoms with Crippen molar-refractivity contribution in [2.45, 2.75) is 39.2 Å². The fourth-order valence-electron chi connectivity index (χ4n) is 1.42. The van der Waals surface area contributed by atoms with Crippen molar-refractivity contribution in [3.63, 3.8) is 0 Å². The lowest BCUT2D eigenvalue weighted by atomic mass is 10.1. The molecule has 1 saturated heterocycles. The molecule has 0 aromatic heterocycles. The van der Waals surface area contributed by atoms with Gasteiger partial charge in [0, 0.05) is 19.0 Å². The van der Waals surface area contributed by atoms with E-state index in [2.05, 4.69) is 24.5 Å². The summed E-state index contributed by atoms with van der Waals surface area (Å²) in [5.41, 5.74) is 0. The van der Waals surface area contributed by atoms with Gasteiger partial charge in [-0.25, -0.2) is 0 Å². The Morgan fingerprint density at radius 2 is 2.46 bits per heavy atom. The highest BCUT2D eigenvalue weighted by Crippen LogP contribution is 2.04. The Hall–Kier alpha value is -0.570. The van der Waals surface area contributed by atoms with Gasteiger partial charge in [0.15, 0.2) is 0 Å². The van der Waals surface area contributed by atoms with Gasteiger partial charge in [-0.15, -0.1) is 0 Å². The maximum Gasteiger partial charge on any atom is 0.220 e. The lowest BCUT2D eigenvalue weighted by Crippen LogP contribution is -2.46. The number of nitrogens with one attached hydrogen (secondary N) is 2. The van der Waals surface area contributed by atoms with Crippen LogP contribution in [-0.2, 0) is 4.79 Å². The first-order chi connectivity index (χ1) is 6.22. The second kappa shape index (κ2) is 5.22. The predicted molar refractivity (Wildman–Crippen MR) is 53.5 cm³/mol. The van der Waals surface area contributed by atoms with Crippen LogP contribution in [0.4, 0.5) is 0 Å². The molecule has 1 fully saturated rings. The molecule has 2 atom stereocenters. The van der Waals surface area contributed by atoms with Crippen molar-refractivity contribution in [3.05, 3.63) is 0 Å². The second-order valence-electron chi connectivity index (χ2n) is 3.96. The van der Waals surface area contributed by atoms with Gasteiger partial charge in [-0.1, -0.05) is 20.3 Å². The van der Waals surface area contributed by atoms with Crippen molar-refractivity contribution >= 4 is 5.91 Å². The first kappa shape index (κ1) is 10.5. The van der Waals surface area contributed by atoms with Crippen molar-refractivity contribution in [3.8, 4) is 0 Å². The molecule has 0 aromatic rings. The third kappa shape index (κ3) is 3.77. The van der Waals surface area contributed by atoms with E-state index in [4.69, 9.17) is 0 Å². The zero-order valence-corrected chi connectivity index (χ0v) is 8.60. The van der Waals surface area contributed by atoms with E-state index in [-0.39, 0.29) is 5.91 Å². The van der Waals surface area contributed by atoms with Gasteiger partial charge in [-0.2, -0.15) is 0 Å². The van der Waals surface area contributed by atoms with E-state index < -0.39 is 0 Å². The van der Waals surface area contributed by atoms with E-state index in [0.717, 1.165) is 25.4 Å². The summed E-state index contributed by atoms with van der Waals surface area (Å²) in [6, 6.07) is 0.492. The molecule has 3 heteroatoms. The summed E-state index contributed by atoms with van der Waals surface area (Å²) in [5.74, 6) is 0.930. The lowest BCUT2D eigenvalue weighted by molar-refractivity contribution is -0.122. The van der Waals surface area contributed by atoms with Gasteiger partial charge in [-0.3, -0.25) is 4.79 Å². The number of carbonyl (C=O) groups excluding carboxylic acids is 1. The first-order valence-electron chi connectivity index (χ1n) is 5.22. The number of carbonyl (C=O) groups is 1. The highest BCUT2D eigenvalue weighted by atomic mass is 16.1. The number of piperidine rings is 1. The summed E-state index contributed by atoms with van der Waals surface area (Å²) in [5, 5.41) is 6.35. The Morgan fingerprint density at radius 3 is 3.00 bits per heavy atom. The molecule has 1 amide bonds. The molecule has 0 aromatic carbocycles. The highest BCUT2D eigenvalue weighted by Gasteiger charge is 2.17. The highest BCUT2D eigenvalue weighted by molar-refractivity contribution is 5.76. The molecule has 1 rings (SSSR count). The topological polar surface area (TPSA) is 41.1 Å². The van der Waals surface area contributed by atoms with Crippen LogP contribution < -0.4 is 10.6 Å². The van der Waals surface area contributed by atoms with Gasteiger partial charge in [0.05, 0.1) is 0 Å². The fourth-order valence-corrected chi connectivity index (χ4v) is 1.42. The number of rotatable bonds is 4. The van der Waals surface area contributed by atoms with E-state index >= 15 is 0 Å². The van der Waals surface area contributed by atoms with E-state index in [1.54, 1.807) is 0 Å². The molecule has 1 aliphatic heterocycles. The average Bonchev–Trinajstić information content (AvgIpc) is 2.16. The molecule has 1 heterocycles. The van der Waals surface area contributed by atoms with Crippen LogP contribution in [0.15, 0.2) is 0 Å². The number of hydrogen-bond acceptors (Lipinski definition) is 2. The zero-order valence-electron chi connectivity index (χ0n) is 8.60. The molecular weight excluding hydrogens is 164 g/mol. The Kier molecular flexibility index (Phi) is 4.22. The van der Waals surface area contributed by atoms with E-state index in [0.29, 0.717) is 12.5 Å². The Balaban J connectivity index is 2.12. The maximum absolute atomic E-state index is 10.9. The Morgan fingerprint density at radius 1 is 1.69 bits per heavy atom. The van der Waals surface area contributed by atoms with Crippen molar-refractivity contribution < 1.29 is 4.79 Å². The minimum Gasteiger partial charge on any atom is -0.355 e. The van der Waals surface area contributed by atoms with Gasteiger partial charge < -0.3 is 10.6 Å². The van der Waals surface area contributed by atoms with Crippen LogP contribution in [0.25, 0.3) is 0 Å². The van der Waals surface area contributed by atoms with Gasteiger partial charge in [0.1, 0.15) is 0 Å². The fraction of sp³-hybridized carbons (Fsp3) is 0.900. The van der Waals surface area contributed by atoms with Crippen LogP contribution in [-0.4, -0.2) is 25.0 Å². The van der Waals surface area contributed by atoms with Crippen LogP contribution >= 0.6 is 0 Å². The van der Waals surface area contributed by atoms with Gasteiger partial charge in [0.25, 0.3) is 0 Å². The minimum atomic E-state index is 0.196. The molecule has 0 radical (unpaired) electrons. The van der Waals surface area contributed by atoms with Crippen molar-refractivity contribution in [2.75, 3.05) is 13.1 Å². The minimum absolute atomic E-state index is 0.196. The third-order valence-electron chi connectivity index (χ3n) is 2.72. The summed E-state index contributed by atoms with van der Waals surface area (Å²) in [6.45, 7) is 6.32. The van der Waals surface area contributed by atoms with Crippen LogP contribution in [0.2, 0.25) is 0 Å². The summed E-state index contributed by atoms with van der Waals surface area (Å²) >= 11 is 0. The zero-order chi connectivity index (χ0) is 9.68. The summed E-state index contributed by atoms with van der Waals surface area (Å²) in [4.78, 5) is 10.9. The molecule has 0 bridgehead atoms. The van der Waals surface area contributed by atoms with Gasteiger partial charge in [-0.05, 0) is 18.9 Å². The average molecular weight is 184 g/mol. The summed E-state index contributed by atoms with van der Waals surface area (Å²) < 4.78 is 0. The van der Waals surface area contributed by atoms with Gasteiger partial charge in [0.2, 0.25) is 5.91 Å². The predicted octanol–water partition coefficient (Wildman–Crippen LogP) is 0.901. The standard InChI is InChI=1S/C10H20N2O/c1-3-8(2)6-11-9-4-5-10(13)12-7-9/h8-9,11H,3-7H2,1-2H3,(H,12,13). The summed E-state index contributed by atoms with van der Waals surface area (Å²) in [6.07, 6.45) is 2.88. The molecule has 2 N–H and O–H groups in total. The third-order valence-corrected chi connectivity index (χ3v) is 2.72. The second-order valence-corrected chi connectivity index (χ2v) is 3.96. The van der Waals surface area contributed by atoms with Crippen molar-refractivity contribution in [1.82, 2.24) is 10.6 Å². The van der Waals surface area contributed by atoms with Crippen LogP contribution in [0, 0.1) is 5.92 Å². The van der Waals surface area contributed by atoms with Crippen LogP contribution in [0.1, 0.15) is 33.1 Å². The largest absolute Gasteiger partial charge is 0.355 e. The molecule has 0 saturated carbocycles. The monoisotopic (exact) mass is 184 g/mol. The molecule has 3 nitrogen and oxygen atoms in total. The molecule has 1 aliphatic rings. The van der Waals surface area contributed by atoms with Crippen LogP contribution in [0.5, 0.6) is 0 Å². The quantitative estimate of drug-likeness (QED) is 0.681. The van der Waals surface area contributed by atoms with Gasteiger partial charge >= 0.3 is 0 Å². The summed E-state index contributed by atoms with van der Waals surface area (Å²) in [7, 11) is 0. The maximum atomic E-state index is 10.9.